The van der Waals surface area contributed by atoms with Crippen molar-refractivity contribution >= 4 is 17.5 Å². The van der Waals surface area contributed by atoms with Gasteiger partial charge in [-0.1, -0.05) is 23.7 Å². The molecule has 0 atom stereocenters. The van der Waals surface area contributed by atoms with E-state index in [0.29, 0.717) is 16.3 Å². The summed E-state index contributed by atoms with van der Waals surface area (Å²) in [7, 11) is 0. The van der Waals surface area contributed by atoms with Gasteiger partial charge < -0.3 is 10.4 Å². The van der Waals surface area contributed by atoms with Gasteiger partial charge >= 0.3 is 0 Å². The van der Waals surface area contributed by atoms with E-state index >= 15 is 0 Å². The van der Waals surface area contributed by atoms with Crippen LogP contribution in [0.3, 0.4) is 0 Å². The Kier molecular flexibility index (Phi) is 3.96. The average Bonchev–Trinajstić information content (AvgIpc) is 2.85. The Morgan fingerprint density at radius 1 is 1.50 bits per heavy atom. The van der Waals surface area contributed by atoms with Gasteiger partial charge in [0.25, 0.3) is 5.91 Å². The zero-order valence-electron chi connectivity index (χ0n) is 9.48. The second-order valence-corrected chi connectivity index (χ2v) is 4.08. The van der Waals surface area contributed by atoms with E-state index < -0.39 is 0 Å². The summed E-state index contributed by atoms with van der Waals surface area (Å²) in [6.07, 6.45) is 1.45. The lowest BCUT2D eigenvalue weighted by Crippen LogP contribution is -2.26. The summed E-state index contributed by atoms with van der Waals surface area (Å²) in [4.78, 5) is 11.8. The van der Waals surface area contributed by atoms with Crippen LogP contribution in [0.25, 0.3) is 11.3 Å². The maximum atomic E-state index is 11.8. The number of aromatic amines is 1. The molecule has 0 aliphatic carbocycles. The number of aliphatic hydroxyl groups excluding tert-OH is 1. The van der Waals surface area contributed by atoms with E-state index in [9.17, 15) is 4.79 Å². The monoisotopic (exact) mass is 265 g/mol. The van der Waals surface area contributed by atoms with E-state index in [4.69, 9.17) is 16.7 Å². The molecule has 2 rings (SSSR count). The number of carbonyl (C=O) groups excluding carboxylic acids is 1. The minimum atomic E-state index is -0.284. The van der Waals surface area contributed by atoms with Crippen LogP contribution in [0.5, 0.6) is 0 Å². The zero-order chi connectivity index (χ0) is 13.0. The fraction of sp³-hybridized carbons (Fsp3) is 0.167. The first-order valence-corrected chi connectivity index (χ1v) is 5.78. The molecule has 0 bridgehead atoms. The Morgan fingerprint density at radius 2 is 2.33 bits per heavy atom. The molecule has 0 unspecified atom stereocenters. The van der Waals surface area contributed by atoms with Crippen LogP contribution in [0.4, 0.5) is 0 Å². The summed E-state index contributed by atoms with van der Waals surface area (Å²) in [5.41, 5.74) is 1.81. The highest BCUT2D eigenvalue weighted by atomic mass is 35.5. The third kappa shape index (κ3) is 2.69. The van der Waals surface area contributed by atoms with Crippen molar-refractivity contribution in [3.63, 3.8) is 0 Å². The van der Waals surface area contributed by atoms with Gasteiger partial charge in [0.15, 0.2) is 0 Å². The first-order chi connectivity index (χ1) is 8.72. The molecule has 0 aliphatic heterocycles. The van der Waals surface area contributed by atoms with Gasteiger partial charge in [-0.3, -0.25) is 9.89 Å². The largest absolute Gasteiger partial charge is 0.395 e. The molecule has 94 valence electrons. The van der Waals surface area contributed by atoms with E-state index in [1.165, 1.54) is 6.20 Å². The summed E-state index contributed by atoms with van der Waals surface area (Å²) in [5, 5.41) is 18.5. The molecule has 0 saturated heterocycles. The zero-order valence-corrected chi connectivity index (χ0v) is 10.2. The number of rotatable bonds is 4. The van der Waals surface area contributed by atoms with Crippen LogP contribution in [0, 0.1) is 0 Å². The second kappa shape index (κ2) is 5.66. The van der Waals surface area contributed by atoms with Crippen LogP contribution in [-0.2, 0) is 0 Å². The smallest absolute Gasteiger partial charge is 0.255 e. The molecule has 1 aromatic heterocycles. The maximum Gasteiger partial charge on any atom is 0.255 e. The number of hydrogen-bond donors (Lipinski definition) is 3. The standard InChI is InChI=1S/C12H12ClN3O2/c13-9-3-1-2-8(6-9)11-10(7-15-16-11)12(18)14-4-5-17/h1-3,6-7,17H,4-5H2,(H,14,18)(H,15,16). The molecular formula is C12H12ClN3O2. The molecule has 0 spiro atoms. The lowest BCUT2D eigenvalue weighted by molar-refractivity contribution is 0.0945. The number of halogens is 1. The predicted octanol–water partition coefficient (Wildman–Crippen LogP) is 1.45. The summed E-state index contributed by atoms with van der Waals surface area (Å²) in [6.45, 7) is 0.106. The summed E-state index contributed by atoms with van der Waals surface area (Å²) in [6, 6.07) is 7.14. The summed E-state index contributed by atoms with van der Waals surface area (Å²) in [5.74, 6) is -0.284. The molecule has 1 aromatic carbocycles. The van der Waals surface area contributed by atoms with Crippen molar-refractivity contribution in [3.05, 3.63) is 41.0 Å². The Bertz CT molecular complexity index is 554. The molecule has 2 aromatic rings. The van der Waals surface area contributed by atoms with Gasteiger partial charge in [-0.15, -0.1) is 0 Å². The molecule has 6 heteroatoms. The highest BCUT2D eigenvalue weighted by Gasteiger charge is 2.14. The number of H-pyrrole nitrogens is 1. The number of aliphatic hydroxyl groups is 1. The Hall–Kier alpha value is -1.85. The van der Waals surface area contributed by atoms with Gasteiger partial charge in [0, 0.05) is 17.1 Å². The number of carbonyl (C=O) groups is 1. The number of nitrogens with one attached hydrogen (secondary N) is 2. The molecule has 0 saturated carbocycles. The molecule has 0 aliphatic rings. The average molecular weight is 266 g/mol. The normalized spacial score (nSPS) is 10.3. The lowest BCUT2D eigenvalue weighted by Gasteiger charge is -2.04. The molecule has 0 radical (unpaired) electrons. The van der Waals surface area contributed by atoms with Gasteiger partial charge in [0.2, 0.25) is 0 Å². The van der Waals surface area contributed by atoms with Crippen molar-refractivity contribution in [1.29, 1.82) is 0 Å². The van der Waals surface area contributed by atoms with E-state index in [2.05, 4.69) is 15.5 Å². The van der Waals surface area contributed by atoms with Crippen LogP contribution in [0.1, 0.15) is 10.4 Å². The number of hydrogen-bond acceptors (Lipinski definition) is 3. The predicted molar refractivity (Wildman–Crippen MR) is 68.5 cm³/mol. The number of nitrogens with zero attached hydrogens (tertiary/aromatic N) is 1. The van der Waals surface area contributed by atoms with E-state index in [-0.39, 0.29) is 19.1 Å². The highest BCUT2D eigenvalue weighted by molar-refractivity contribution is 6.30. The van der Waals surface area contributed by atoms with Crippen LogP contribution >= 0.6 is 11.6 Å². The van der Waals surface area contributed by atoms with Gasteiger partial charge in [-0.2, -0.15) is 5.10 Å². The van der Waals surface area contributed by atoms with Gasteiger partial charge in [0.1, 0.15) is 0 Å². The van der Waals surface area contributed by atoms with Crippen molar-refractivity contribution in [3.8, 4) is 11.3 Å². The second-order valence-electron chi connectivity index (χ2n) is 3.65. The molecule has 1 amide bonds. The van der Waals surface area contributed by atoms with Crippen LogP contribution in [0.2, 0.25) is 5.02 Å². The highest BCUT2D eigenvalue weighted by Crippen LogP contribution is 2.23. The molecular weight excluding hydrogens is 254 g/mol. The van der Waals surface area contributed by atoms with Crippen molar-refractivity contribution in [2.45, 2.75) is 0 Å². The maximum absolute atomic E-state index is 11.8. The molecule has 18 heavy (non-hydrogen) atoms. The molecule has 1 heterocycles. The molecule has 0 fully saturated rings. The molecule has 5 nitrogen and oxygen atoms in total. The Morgan fingerprint density at radius 3 is 3.06 bits per heavy atom. The quantitative estimate of drug-likeness (QED) is 0.783. The topological polar surface area (TPSA) is 78.0 Å². The number of benzene rings is 1. The third-order valence-electron chi connectivity index (χ3n) is 2.39. The van der Waals surface area contributed by atoms with Crippen LogP contribution < -0.4 is 5.32 Å². The van der Waals surface area contributed by atoms with Gasteiger partial charge in [-0.05, 0) is 12.1 Å². The first-order valence-electron chi connectivity index (χ1n) is 5.40. The fourth-order valence-corrected chi connectivity index (χ4v) is 1.78. The third-order valence-corrected chi connectivity index (χ3v) is 2.63. The number of aromatic nitrogens is 2. The fourth-order valence-electron chi connectivity index (χ4n) is 1.59. The Balaban J connectivity index is 2.30. The van der Waals surface area contributed by atoms with Crippen molar-refractivity contribution in [2.75, 3.05) is 13.2 Å². The van der Waals surface area contributed by atoms with Crippen molar-refractivity contribution < 1.29 is 9.90 Å². The van der Waals surface area contributed by atoms with Crippen LogP contribution in [-0.4, -0.2) is 34.4 Å². The van der Waals surface area contributed by atoms with Crippen molar-refractivity contribution in [1.82, 2.24) is 15.5 Å². The Labute approximate surface area is 109 Å². The van der Waals surface area contributed by atoms with Crippen molar-refractivity contribution in [2.24, 2.45) is 0 Å². The SMILES string of the molecule is O=C(NCCO)c1cn[nH]c1-c1cccc(Cl)c1. The van der Waals surface area contributed by atoms with E-state index in [0.717, 1.165) is 5.56 Å². The summed E-state index contributed by atoms with van der Waals surface area (Å²) < 4.78 is 0. The van der Waals surface area contributed by atoms with E-state index in [1.54, 1.807) is 18.2 Å². The van der Waals surface area contributed by atoms with Crippen LogP contribution in [0.15, 0.2) is 30.5 Å². The van der Waals surface area contributed by atoms with Gasteiger partial charge in [-0.25, -0.2) is 0 Å². The lowest BCUT2D eigenvalue weighted by atomic mass is 10.1. The first kappa shape index (κ1) is 12.6. The van der Waals surface area contributed by atoms with Gasteiger partial charge in [0.05, 0.1) is 24.1 Å². The summed E-state index contributed by atoms with van der Waals surface area (Å²) >= 11 is 5.91. The minimum Gasteiger partial charge on any atom is -0.395 e. The molecule has 3 N–H and O–H groups in total. The minimum absolute atomic E-state index is 0.101. The number of amides is 1. The van der Waals surface area contributed by atoms with E-state index in [1.807, 2.05) is 6.07 Å².